The fourth-order valence-corrected chi connectivity index (χ4v) is 2.23. The van der Waals surface area contributed by atoms with E-state index in [1.54, 1.807) is 13.0 Å². The second-order valence-electron chi connectivity index (χ2n) is 4.44. The van der Waals surface area contributed by atoms with E-state index in [0.717, 1.165) is 11.6 Å². The number of halogens is 3. The molecule has 0 aliphatic heterocycles. The molecule has 1 heterocycles. The number of fused-ring (bicyclic) bond motifs is 1. The van der Waals surface area contributed by atoms with E-state index in [1.165, 1.54) is 12.1 Å². The zero-order chi connectivity index (χ0) is 15.2. The largest absolute Gasteiger partial charge is 0.475 e. The first-order valence-electron chi connectivity index (χ1n) is 5.58. The molecule has 1 N–H and O–H groups in total. The zero-order valence-electron chi connectivity index (χ0n) is 10.6. The predicted octanol–water partition coefficient (Wildman–Crippen LogP) is 2.77. The summed E-state index contributed by atoms with van der Waals surface area (Å²) in [5.74, 6) is -3.47. The average molecular weight is 285 g/mol. The molecule has 0 saturated carbocycles. The third kappa shape index (κ3) is 2.04. The van der Waals surface area contributed by atoms with Gasteiger partial charge in [-0.3, -0.25) is 4.79 Å². The average Bonchev–Trinajstić information content (AvgIpc) is 2.60. The van der Waals surface area contributed by atoms with E-state index in [1.807, 2.05) is 0 Å². The number of rotatable bonds is 2. The van der Waals surface area contributed by atoms with Gasteiger partial charge in [-0.15, -0.1) is 0 Å². The maximum Gasteiger partial charge on any atom is 0.432 e. The molecule has 0 spiro atoms. The summed E-state index contributed by atoms with van der Waals surface area (Å²) in [7, 11) is 1.15. The Bertz CT molecular complexity index is 729. The number of Topliss-reactive ketones (excluding diaryl/α,β-unsaturated/α-hetero) is 1. The number of hydrogen-bond donors (Lipinski definition) is 1. The highest BCUT2D eigenvalue weighted by Gasteiger charge is 2.41. The number of aryl methyl sites for hydroxylation is 2. The van der Waals surface area contributed by atoms with Gasteiger partial charge in [0.25, 0.3) is 5.78 Å². The van der Waals surface area contributed by atoms with E-state index in [0.29, 0.717) is 5.56 Å². The summed E-state index contributed by atoms with van der Waals surface area (Å²) in [6, 6.07) is 4.40. The van der Waals surface area contributed by atoms with Crippen molar-refractivity contribution in [2.75, 3.05) is 0 Å². The molecule has 0 aliphatic carbocycles. The summed E-state index contributed by atoms with van der Waals surface area (Å²) in [5.41, 5.74) is -1.26. The van der Waals surface area contributed by atoms with E-state index in [9.17, 15) is 22.8 Å². The van der Waals surface area contributed by atoms with Crippen molar-refractivity contribution in [1.82, 2.24) is 4.57 Å². The van der Waals surface area contributed by atoms with Crippen molar-refractivity contribution < 1.29 is 27.9 Å². The number of alkyl halides is 3. The predicted molar refractivity (Wildman–Crippen MR) is 64.6 cm³/mol. The maximum absolute atomic E-state index is 13.1. The monoisotopic (exact) mass is 285 g/mol. The lowest BCUT2D eigenvalue weighted by molar-refractivity contribution is -0.143. The van der Waals surface area contributed by atoms with Crippen LogP contribution in [0.5, 0.6) is 0 Å². The number of carboxylic acid groups (broad SMARTS) is 1. The quantitative estimate of drug-likeness (QED) is 0.681. The van der Waals surface area contributed by atoms with Crippen LogP contribution in [-0.2, 0) is 18.0 Å². The standard InChI is InChI=1S/C13H10F3NO3/c1-6-3-4-8-7(5-6)9(10(18)12(19)20)11(17(8)2)13(14,15)16/h3-5H,1-2H3,(H,19,20). The molecule has 4 nitrogen and oxygen atoms in total. The summed E-state index contributed by atoms with van der Waals surface area (Å²) in [5, 5.41) is 8.73. The van der Waals surface area contributed by atoms with Gasteiger partial charge in [-0.05, 0) is 19.1 Å². The summed E-state index contributed by atoms with van der Waals surface area (Å²) < 4.78 is 40.1. The van der Waals surface area contributed by atoms with Crippen molar-refractivity contribution in [2.45, 2.75) is 13.1 Å². The molecule has 7 heteroatoms. The van der Waals surface area contributed by atoms with Gasteiger partial charge >= 0.3 is 12.1 Å². The minimum Gasteiger partial charge on any atom is -0.475 e. The lowest BCUT2D eigenvalue weighted by Crippen LogP contribution is -2.20. The molecule has 0 saturated heterocycles. The summed E-state index contributed by atoms with van der Waals surface area (Å²) >= 11 is 0. The van der Waals surface area contributed by atoms with Crippen molar-refractivity contribution in [3.8, 4) is 0 Å². The van der Waals surface area contributed by atoms with Gasteiger partial charge in [0.1, 0.15) is 5.69 Å². The fraction of sp³-hybridized carbons (Fsp3) is 0.231. The molecule has 1 aromatic heterocycles. The molecule has 0 unspecified atom stereocenters. The Kier molecular flexibility index (Phi) is 3.08. The highest BCUT2D eigenvalue weighted by atomic mass is 19.4. The summed E-state index contributed by atoms with van der Waals surface area (Å²) in [4.78, 5) is 22.4. The molecule has 0 atom stereocenters. The van der Waals surface area contributed by atoms with Gasteiger partial charge in [0.2, 0.25) is 0 Å². The van der Waals surface area contributed by atoms with E-state index >= 15 is 0 Å². The maximum atomic E-state index is 13.1. The van der Waals surface area contributed by atoms with Crippen LogP contribution in [0.4, 0.5) is 13.2 Å². The van der Waals surface area contributed by atoms with Crippen molar-refractivity contribution in [3.05, 3.63) is 35.0 Å². The number of nitrogens with zero attached hydrogens (tertiary/aromatic N) is 1. The first-order valence-corrected chi connectivity index (χ1v) is 5.58. The molecule has 0 bridgehead atoms. The highest BCUT2D eigenvalue weighted by Crippen LogP contribution is 2.38. The van der Waals surface area contributed by atoms with Crippen molar-refractivity contribution in [3.63, 3.8) is 0 Å². The Morgan fingerprint density at radius 3 is 2.35 bits per heavy atom. The third-order valence-corrected chi connectivity index (χ3v) is 3.04. The topological polar surface area (TPSA) is 59.3 Å². The first-order chi connectivity index (χ1) is 9.14. The molecule has 2 rings (SSSR count). The van der Waals surface area contributed by atoms with Gasteiger partial charge in [0.05, 0.1) is 5.56 Å². The van der Waals surface area contributed by atoms with Crippen LogP contribution in [-0.4, -0.2) is 21.4 Å². The van der Waals surface area contributed by atoms with Crippen LogP contribution < -0.4 is 0 Å². The van der Waals surface area contributed by atoms with Crippen LogP contribution in [0.3, 0.4) is 0 Å². The number of aromatic nitrogens is 1. The Morgan fingerprint density at radius 2 is 1.85 bits per heavy atom. The number of benzene rings is 1. The molecule has 0 fully saturated rings. The summed E-state index contributed by atoms with van der Waals surface area (Å²) in [6.45, 7) is 1.65. The number of hydrogen-bond acceptors (Lipinski definition) is 2. The third-order valence-electron chi connectivity index (χ3n) is 3.04. The molecule has 0 aliphatic rings. The Balaban J connectivity index is 2.97. The molecule has 106 valence electrons. The van der Waals surface area contributed by atoms with Gasteiger partial charge in [-0.1, -0.05) is 11.6 Å². The van der Waals surface area contributed by atoms with Crippen molar-refractivity contribution >= 4 is 22.7 Å². The SMILES string of the molecule is Cc1ccc2c(c1)c(C(=O)C(=O)O)c(C(F)(F)F)n2C. The minimum absolute atomic E-state index is 0.00720. The molecule has 0 radical (unpaired) electrons. The smallest absolute Gasteiger partial charge is 0.432 e. The van der Waals surface area contributed by atoms with Crippen LogP contribution in [0.1, 0.15) is 21.6 Å². The second-order valence-corrected chi connectivity index (χ2v) is 4.44. The number of ketones is 1. The van der Waals surface area contributed by atoms with Gasteiger partial charge in [-0.25, -0.2) is 4.79 Å². The Morgan fingerprint density at radius 1 is 1.25 bits per heavy atom. The highest BCUT2D eigenvalue weighted by molar-refractivity contribution is 6.42. The Hall–Kier alpha value is -2.31. The normalized spacial score (nSPS) is 11.8. The molecule has 1 aromatic carbocycles. The number of carbonyl (C=O) groups is 2. The molecular formula is C13H10F3NO3. The molecule has 20 heavy (non-hydrogen) atoms. The fourth-order valence-electron chi connectivity index (χ4n) is 2.23. The number of aliphatic carboxylic acids is 1. The van der Waals surface area contributed by atoms with E-state index in [4.69, 9.17) is 5.11 Å². The molecule has 2 aromatic rings. The van der Waals surface area contributed by atoms with E-state index in [-0.39, 0.29) is 10.9 Å². The number of carboxylic acids is 1. The van der Waals surface area contributed by atoms with Crippen LogP contribution in [0.2, 0.25) is 0 Å². The second kappa shape index (κ2) is 4.36. The van der Waals surface area contributed by atoms with Gasteiger partial charge in [0, 0.05) is 18.0 Å². The van der Waals surface area contributed by atoms with Crippen LogP contribution in [0, 0.1) is 6.92 Å². The molecule has 0 amide bonds. The van der Waals surface area contributed by atoms with E-state index in [2.05, 4.69) is 0 Å². The summed E-state index contributed by atoms with van der Waals surface area (Å²) in [6.07, 6.45) is -4.82. The molecular weight excluding hydrogens is 275 g/mol. The van der Waals surface area contributed by atoms with Gasteiger partial charge in [0.15, 0.2) is 0 Å². The van der Waals surface area contributed by atoms with Gasteiger partial charge in [-0.2, -0.15) is 13.2 Å². The van der Waals surface area contributed by atoms with E-state index < -0.39 is 29.2 Å². The lowest BCUT2D eigenvalue weighted by atomic mass is 10.0. The number of carbonyl (C=O) groups excluding carboxylic acids is 1. The van der Waals surface area contributed by atoms with Crippen LogP contribution in [0.25, 0.3) is 10.9 Å². The van der Waals surface area contributed by atoms with Crippen molar-refractivity contribution in [1.29, 1.82) is 0 Å². The Labute approximate surface area is 111 Å². The lowest BCUT2D eigenvalue weighted by Gasteiger charge is -2.09. The van der Waals surface area contributed by atoms with Crippen LogP contribution >= 0.6 is 0 Å². The van der Waals surface area contributed by atoms with Crippen LogP contribution in [0.15, 0.2) is 18.2 Å². The minimum atomic E-state index is -4.82. The van der Waals surface area contributed by atoms with Gasteiger partial charge < -0.3 is 9.67 Å². The van der Waals surface area contributed by atoms with Crippen molar-refractivity contribution in [2.24, 2.45) is 7.05 Å². The zero-order valence-corrected chi connectivity index (χ0v) is 10.6. The first kappa shape index (κ1) is 14.1.